The minimum atomic E-state index is -0.299. The zero-order valence-electron chi connectivity index (χ0n) is 11.8. The molecule has 0 aliphatic carbocycles. The zero-order valence-corrected chi connectivity index (χ0v) is 15.0. The van der Waals surface area contributed by atoms with E-state index in [1.54, 1.807) is 12.1 Å². The number of halogens is 3. The molecule has 0 heterocycles. The van der Waals surface area contributed by atoms with Crippen LogP contribution >= 0.6 is 31.9 Å². The first-order chi connectivity index (χ1) is 10.1. The Morgan fingerprint density at radius 3 is 2.24 bits per heavy atom. The molecule has 1 nitrogen and oxygen atoms in total. The summed E-state index contributed by atoms with van der Waals surface area (Å²) >= 11 is 7.01. The first-order valence-electron chi connectivity index (χ1n) is 6.75. The van der Waals surface area contributed by atoms with Crippen LogP contribution in [0.25, 0.3) is 0 Å². The minimum Gasteiger partial charge on any atom is -0.494 e. The third-order valence-corrected chi connectivity index (χ3v) is 4.84. The summed E-state index contributed by atoms with van der Waals surface area (Å²) in [4.78, 5) is 0. The van der Waals surface area contributed by atoms with E-state index in [1.165, 1.54) is 12.7 Å². The van der Waals surface area contributed by atoms with Gasteiger partial charge >= 0.3 is 0 Å². The van der Waals surface area contributed by atoms with Gasteiger partial charge in [-0.1, -0.05) is 50.1 Å². The van der Waals surface area contributed by atoms with Crippen molar-refractivity contribution < 1.29 is 9.13 Å². The van der Waals surface area contributed by atoms with Crippen LogP contribution in [-0.4, -0.2) is 12.4 Å². The van der Waals surface area contributed by atoms with Crippen molar-refractivity contribution in [3.05, 3.63) is 63.9 Å². The van der Waals surface area contributed by atoms with Crippen LogP contribution in [0.3, 0.4) is 0 Å². The number of ether oxygens (including phenoxy) is 1. The normalized spacial score (nSPS) is 12.2. The Morgan fingerprint density at radius 1 is 1.05 bits per heavy atom. The van der Waals surface area contributed by atoms with E-state index in [1.807, 2.05) is 18.2 Å². The molecule has 1 atom stereocenters. The molecule has 0 fully saturated rings. The first kappa shape index (κ1) is 16.5. The lowest BCUT2D eigenvalue weighted by Gasteiger charge is -2.15. The van der Waals surface area contributed by atoms with E-state index in [0.29, 0.717) is 11.7 Å². The highest BCUT2D eigenvalue weighted by Crippen LogP contribution is 2.22. The molecule has 4 heteroatoms. The number of alkyl halides is 1. The second-order valence-corrected chi connectivity index (χ2v) is 6.59. The third kappa shape index (κ3) is 4.82. The molecule has 0 radical (unpaired) electrons. The molecule has 1 unspecified atom stereocenters. The maximum atomic E-state index is 13.7. The molecule has 0 aromatic heterocycles. The summed E-state index contributed by atoms with van der Waals surface area (Å²) in [6.07, 6.45) is 1.80. The lowest BCUT2D eigenvalue weighted by atomic mass is 9.94. The van der Waals surface area contributed by atoms with Crippen LogP contribution in [0.1, 0.15) is 11.1 Å². The molecule has 0 aliphatic heterocycles. The van der Waals surface area contributed by atoms with Gasteiger partial charge in [0.05, 0.1) is 7.11 Å². The quantitative estimate of drug-likeness (QED) is 0.574. The molecular weight excluding hydrogens is 399 g/mol. The Balaban J connectivity index is 2.05. The predicted octanol–water partition coefficient (Wildman–Crippen LogP) is 5.39. The molecule has 0 N–H and O–H groups in total. The van der Waals surface area contributed by atoms with Crippen LogP contribution in [0.2, 0.25) is 0 Å². The molecule has 0 spiro atoms. The minimum absolute atomic E-state index is 0.294. The molecular formula is C17H17Br2FO. The average molecular weight is 416 g/mol. The van der Waals surface area contributed by atoms with Crippen molar-refractivity contribution in [1.29, 1.82) is 0 Å². The molecule has 112 valence electrons. The van der Waals surface area contributed by atoms with Crippen molar-refractivity contribution >= 4 is 31.9 Å². The highest BCUT2D eigenvalue weighted by Gasteiger charge is 2.11. The van der Waals surface area contributed by atoms with Gasteiger partial charge in [0.15, 0.2) is 11.6 Å². The van der Waals surface area contributed by atoms with Gasteiger partial charge in [-0.2, -0.15) is 0 Å². The number of hydrogen-bond donors (Lipinski definition) is 0. The summed E-state index contributed by atoms with van der Waals surface area (Å²) in [6.45, 7) is 0. The van der Waals surface area contributed by atoms with Gasteiger partial charge in [-0.25, -0.2) is 4.39 Å². The lowest BCUT2D eigenvalue weighted by Crippen LogP contribution is -2.10. The summed E-state index contributed by atoms with van der Waals surface area (Å²) in [5.74, 6) is 0.424. The van der Waals surface area contributed by atoms with Crippen molar-refractivity contribution in [2.24, 2.45) is 5.92 Å². The topological polar surface area (TPSA) is 9.23 Å². The van der Waals surface area contributed by atoms with E-state index in [4.69, 9.17) is 4.74 Å². The smallest absolute Gasteiger partial charge is 0.165 e. The molecule has 0 amide bonds. The van der Waals surface area contributed by atoms with Crippen molar-refractivity contribution in [2.75, 3.05) is 12.4 Å². The van der Waals surface area contributed by atoms with Crippen LogP contribution in [0.5, 0.6) is 5.75 Å². The van der Waals surface area contributed by atoms with Crippen LogP contribution in [0.15, 0.2) is 46.9 Å². The highest BCUT2D eigenvalue weighted by molar-refractivity contribution is 9.10. The molecule has 2 aromatic rings. The van der Waals surface area contributed by atoms with Gasteiger partial charge < -0.3 is 4.74 Å². The van der Waals surface area contributed by atoms with Gasteiger partial charge in [0.1, 0.15) is 0 Å². The maximum absolute atomic E-state index is 13.7. The van der Waals surface area contributed by atoms with Gasteiger partial charge in [0.2, 0.25) is 0 Å². The summed E-state index contributed by atoms with van der Waals surface area (Å²) < 4.78 is 19.8. The van der Waals surface area contributed by atoms with E-state index in [9.17, 15) is 4.39 Å². The fraction of sp³-hybridized carbons (Fsp3) is 0.294. The molecule has 0 aliphatic rings. The number of methoxy groups -OCH3 is 1. The van der Waals surface area contributed by atoms with Crippen molar-refractivity contribution in [1.82, 2.24) is 0 Å². The monoisotopic (exact) mass is 414 g/mol. The molecule has 2 rings (SSSR count). The molecule has 0 bridgehead atoms. The van der Waals surface area contributed by atoms with E-state index in [-0.39, 0.29) is 5.82 Å². The standard InChI is InChI=1S/C17H17Br2FO/c1-21-17-7-4-13(10-16(17)20)9-14(11-18)8-12-2-5-15(19)6-3-12/h2-7,10,14H,8-9,11H2,1H3. The predicted molar refractivity (Wildman–Crippen MR) is 91.8 cm³/mol. The summed E-state index contributed by atoms with van der Waals surface area (Å²) in [7, 11) is 1.48. The van der Waals surface area contributed by atoms with Crippen LogP contribution in [0, 0.1) is 11.7 Å². The van der Waals surface area contributed by atoms with E-state index < -0.39 is 0 Å². The largest absolute Gasteiger partial charge is 0.494 e. The molecule has 2 aromatic carbocycles. The first-order valence-corrected chi connectivity index (χ1v) is 8.66. The maximum Gasteiger partial charge on any atom is 0.165 e. The fourth-order valence-electron chi connectivity index (χ4n) is 2.31. The van der Waals surface area contributed by atoms with Gasteiger partial charge in [0.25, 0.3) is 0 Å². The molecule has 0 saturated heterocycles. The van der Waals surface area contributed by atoms with E-state index in [0.717, 1.165) is 28.2 Å². The van der Waals surface area contributed by atoms with Gasteiger partial charge in [-0.3, -0.25) is 0 Å². The third-order valence-electron chi connectivity index (χ3n) is 3.40. The van der Waals surface area contributed by atoms with Crippen molar-refractivity contribution in [3.63, 3.8) is 0 Å². The number of benzene rings is 2. The Kier molecular flexibility index (Phi) is 6.24. The van der Waals surface area contributed by atoms with E-state index in [2.05, 4.69) is 44.0 Å². The summed E-state index contributed by atoms with van der Waals surface area (Å²) in [5, 5.41) is 0.886. The molecule has 21 heavy (non-hydrogen) atoms. The van der Waals surface area contributed by atoms with Gasteiger partial charge in [-0.15, -0.1) is 0 Å². The fourth-order valence-corrected chi connectivity index (χ4v) is 3.03. The summed E-state index contributed by atoms with van der Waals surface area (Å²) in [5.41, 5.74) is 2.28. The zero-order chi connectivity index (χ0) is 15.2. The number of hydrogen-bond acceptors (Lipinski definition) is 1. The van der Waals surface area contributed by atoms with Crippen molar-refractivity contribution in [2.45, 2.75) is 12.8 Å². The van der Waals surface area contributed by atoms with Crippen molar-refractivity contribution in [3.8, 4) is 5.75 Å². The SMILES string of the molecule is COc1ccc(CC(CBr)Cc2ccc(Br)cc2)cc1F. The summed E-state index contributed by atoms with van der Waals surface area (Å²) in [6, 6.07) is 13.5. The Morgan fingerprint density at radius 2 is 1.67 bits per heavy atom. The Hall–Kier alpha value is -0.870. The highest BCUT2D eigenvalue weighted by atomic mass is 79.9. The Bertz CT molecular complexity index is 584. The van der Waals surface area contributed by atoms with Crippen LogP contribution in [0.4, 0.5) is 4.39 Å². The lowest BCUT2D eigenvalue weighted by molar-refractivity contribution is 0.386. The average Bonchev–Trinajstić information content (AvgIpc) is 2.49. The van der Waals surface area contributed by atoms with Crippen LogP contribution < -0.4 is 4.74 Å². The molecule has 0 saturated carbocycles. The second kappa shape index (κ2) is 7.95. The van der Waals surface area contributed by atoms with Gasteiger partial charge in [0, 0.05) is 9.80 Å². The number of rotatable bonds is 6. The second-order valence-electron chi connectivity index (χ2n) is 5.02. The van der Waals surface area contributed by atoms with Gasteiger partial charge in [-0.05, 0) is 54.2 Å². The Labute approximate surface area is 141 Å². The van der Waals surface area contributed by atoms with Crippen LogP contribution in [-0.2, 0) is 12.8 Å². The van der Waals surface area contributed by atoms with E-state index >= 15 is 0 Å².